The summed E-state index contributed by atoms with van der Waals surface area (Å²) >= 11 is 1.87. The molecule has 0 aliphatic carbocycles. The Balaban J connectivity index is 2.94. The van der Waals surface area contributed by atoms with Crippen LogP contribution in [0.25, 0.3) is 0 Å². The van der Waals surface area contributed by atoms with Crippen molar-refractivity contribution >= 4 is 11.3 Å². The van der Waals surface area contributed by atoms with Gasteiger partial charge in [-0.3, -0.25) is 4.90 Å². The number of rotatable bonds is 10. The van der Waals surface area contributed by atoms with Crippen molar-refractivity contribution in [3.63, 3.8) is 0 Å². The molecule has 3 heteroatoms. The van der Waals surface area contributed by atoms with Crippen LogP contribution in [0.3, 0.4) is 0 Å². The molecule has 0 fully saturated rings. The van der Waals surface area contributed by atoms with E-state index in [2.05, 4.69) is 44.0 Å². The second-order valence-corrected chi connectivity index (χ2v) is 6.68. The number of aryl methyl sites for hydroxylation is 1. The van der Waals surface area contributed by atoms with E-state index in [0.717, 1.165) is 6.42 Å². The van der Waals surface area contributed by atoms with Crippen molar-refractivity contribution < 1.29 is 0 Å². The molecular formula is C17H32N2S. The second-order valence-electron chi connectivity index (χ2n) is 5.73. The van der Waals surface area contributed by atoms with Crippen LogP contribution in [0, 0.1) is 6.92 Å². The summed E-state index contributed by atoms with van der Waals surface area (Å²) in [5, 5.41) is 2.21. The van der Waals surface area contributed by atoms with Crippen LogP contribution in [0.5, 0.6) is 0 Å². The zero-order valence-electron chi connectivity index (χ0n) is 13.7. The Labute approximate surface area is 129 Å². The number of thiophene rings is 1. The molecule has 116 valence electrons. The molecular weight excluding hydrogens is 264 g/mol. The predicted octanol–water partition coefficient (Wildman–Crippen LogP) is 4.74. The van der Waals surface area contributed by atoms with Gasteiger partial charge in [0.05, 0.1) is 6.04 Å². The first-order valence-electron chi connectivity index (χ1n) is 8.19. The summed E-state index contributed by atoms with van der Waals surface area (Å²) in [7, 11) is 0. The molecule has 1 rings (SSSR count). The highest BCUT2D eigenvalue weighted by atomic mass is 32.1. The van der Waals surface area contributed by atoms with E-state index in [-0.39, 0.29) is 6.04 Å². The zero-order chi connectivity index (χ0) is 15.0. The van der Waals surface area contributed by atoms with Crippen LogP contribution >= 0.6 is 11.3 Å². The molecule has 20 heavy (non-hydrogen) atoms. The molecule has 1 aromatic rings. The van der Waals surface area contributed by atoms with Crippen molar-refractivity contribution in [2.75, 3.05) is 13.1 Å². The maximum atomic E-state index is 6.49. The first-order chi connectivity index (χ1) is 9.65. The van der Waals surface area contributed by atoms with E-state index in [1.165, 1.54) is 49.2 Å². The molecule has 1 heterocycles. The van der Waals surface area contributed by atoms with Gasteiger partial charge in [-0.05, 0) is 56.3 Å². The lowest BCUT2D eigenvalue weighted by molar-refractivity contribution is 0.166. The molecule has 0 saturated heterocycles. The van der Waals surface area contributed by atoms with Gasteiger partial charge < -0.3 is 5.73 Å². The van der Waals surface area contributed by atoms with Crippen molar-refractivity contribution in [1.29, 1.82) is 0 Å². The number of unbranched alkanes of at least 4 members (excludes halogenated alkanes) is 2. The van der Waals surface area contributed by atoms with Crippen LogP contribution < -0.4 is 5.73 Å². The fourth-order valence-corrected chi connectivity index (χ4v) is 3.79. The Morgan fingerprint density at radius 3 is 2.15 bits per heavy atom. The highest BCUT2D eigenvalue weighted by Gasteiger charge is 2.27. The Hall–Kier alpha value is -0.380. The molecule has 2 nitrogen and oxygen atoms in total. The molecule has 2 unspecified atom stereocenters. The average molecular weight is 297 g/mol. The van der Waals surface area contributed by atoms with Gasteiger partial charge in [0, 0.05) is 10.9 Å². The fourth-order valence-electron chi connectivity index (χ4n) is 2.65. The summed E-state index contributed by atoms with van der Waals surface area (Å²) in [6.07, 6.45) is 6.07. The third-order valence-corrected chi connectivity index (χ3v) is 5.13. The van der Waals surface area contributed by atoms with Crippen molar-refractivity contribution in [1.82, 2.24) is 4.90 Å². The van der Waals surface area contributed by atoms with Gasteiger partial charge in [-0.1, -0.05) is 33.6 Å². The van der Waals surface area contributed by atoms with E-state index in [1.54, 1.807) is 0 Å². The topological polar surface area (TPSA) is 29.3 Å². The maximum absolute atomic E-state index is 6.49. The summed E-state index contributed by atoms with van der Waals surface area (Å²) in [4.78, 5) is 4.12. The van der Waals surface area contributed by atoms with E-state index in [1.807, 2.05) is 11.3 Å². The van der Waals surface area contributed by atoms with E-state index < -0.39 is 0 Å². The normalized spacial score (nSPS) is 14.7. The molecule has 0 aromatic carbocycles. The fraction of sp³-hybridized carbons (Fsp3) is 0.765. The van der Waals surface area contributed by atoms with Crippen molar-refractivity contribution in [3.8, 4) is 0 Å². The van der Waals surface area contributed by atoms with E-state index in [9.17, 15) is 0 Å². The molecule has 0 saturated carbocycles. The van der Waals surface area contributed by atoms with Crippen LogP contribution in [0.2, 0.25) is 0 Å². The highest BCUT2D eigenvalue weighted by Crippen LogP contribution is 2.32. The van der Waals surface area contributed by atoms with Gasteiger partial charge in [-0.15, -0.1) is 11.3 Å². The van der Waals surface area contributed by atoms with E-state index in [4.69, 9.17) is 5.73 Å². The minimum atomic E-state index is 0.237. The van der Waals surface area contributed by atoms with Gasteiger partial charge >= 0.3 is 0 Å². The molecule has 0 bridgehead atoms. The average Bonchev–Trinajstić information content (AvgIpc) is 2.87. The zero-order valence-corrected chi connectivity index (χ0v) is 14.5. The first kappa shape index (κ1) is 17.7. The molecule has 1 aromatic heterocycles. The molecule has 2 atom stereocenters. The van der Waals surface area contributed by atoms with Crippen molar-refractivity contribution in [2.45, 2.75) is 71.9 Å². The molecule has 2 N–H and O–H groups in total. The minimum absolute atomic E-state index is 0.237. The van der Waals surface area contributed by atoms with Crippen LogP contribution in [-0.4, -0.2) is 24.0 Å². The second kappa shape index (κ2) is 9.54. The Morgan fingerprint density at radius 1 is 1.15 bits per heavy atom. The lowest BCUT2D eigenvalue weighted by atomic mass is 9.99. The van der Waals surface area contributed by atoms with E-state index in [0.29, 0.717) is 6.04 Å². The molecule has 0 aliphatic rings. The summed E-state index contributed by atoms with van der Waals surface area (Å²) in [5.74, 6) is 0. The minimum Gasteiger partial charge on any atom is -0.326 e. The summed E-state index contributed by atoms with van der Waals surface area (Å²) < 4.78 is 0. The van der Waals surface area contributed by atoms with Gasteiger partial charge in [0.2, 0.25) is 0 Å². The van der Waals surface area contributed by atoms with E-state index >= 15 is 0 Å². The largest absolute Gasteiger partial charge is 0.326 e. The number of nitrogens with zero attached hydrogens (tertiary/aromatic N) is 1. The highest BCUT2D eigenvalue weighted by molar-refractivity contribution is 7.10. The molecule has 0 spiro atoms. The smallest absolute Gasteiger partial charge is 0.0596 e. The van der Waals surface area contributed by atoms with Crippen molar-refractivity contribution in [3.05, 3.63) is 21.9 Å². The van der Waals surface area contributed by atoms with Gasteiger partial charge in [-0.2, -0.15) is 0 Å². The monoisotopic (exact) mass is 296 g/mol. The summed E-state index contributed by atoms with van der Waals surface area (Å²) in [5.41, 5.74) is 7.89. The quantitative estimate of drug-likeness (QED) is 0.676. The number of hydrogen-bond donors (Lipinski definition) is 1. The lowest BCUT2D eigenvalue weighted by Crippen LogP contribution is -2.41. The standard InChI is InChI=1S/C17H32N2S/c1-5-8-11-19(12-9-6-2)16(15(18)7-3)17-14(4)10-13-20-17/h10,13,15-16H,5-9,11-12,18H2,1-4H3. The maximum Gasteiger partial charge on any atom is 0.0596 e. The van der Waals surface area contributed by atoms with Crippen LogP contribution in [-0.2, 0) is 0 Å². The summed E-state index contributed by atoms with van der Waals surface area (Å²) in [6, 6.07) is 2.87. The third-order valence-electron chi connectivity index (χ3n) is 4.04. The third kappa shape index (κ3) is 4.87. The van der Waals surface area contributed by atoms with Gasteiger partial charge in [0.25, 0.3) is 0 Å². The molecule has 0 radical (unpaired) electrons. The van der Waals surface area contributed by atoms with Gasteiger partial charge in [0.15, 0.2) is 0 Å². The number of hydrogen-bond acceptors (Lipinski definition) is 3. The van der Waals surface area contributed by atoms with Crippen LogP contribution in [0.4, 0.5) is 0 Å². The van der Waals surface area contributed by atoms with Crippen LogP contribution in [0.15, 0.2) is 11.4 Å². The number of nitrogens with two attached hydrogens (primary N) is 1. The Bertz CT molecular complexity index is 354. The first-order valence-corrected chi connectivity index (χ1v) is 9.07. The van der Waals surface area contributed by atoms with Crippen LogP contribution in [0.1, 0.15) is 69.4 Å². The van der Waals surface area contributed by atoms with Gasteiger partial charge in [0.1, 0.15) is 0 Å². The molecule has 0 amide bonds. The SMILES string of the molecule is CCCCN(CCCC)C(c1sccc1C)C(N)CC. The predicted molar refractivity (Wildman–Crippen MR) is 91.5 cm³/mol. The van der Waals surface area contributed by atoms with Gasteiger partial charge in [-0.25, -0.2) is 0 Å². The Kier molecular flexibility index (Phi) is 8.43. The Morgan fingerprint density at radius 2 is 1.75 bits per heavy atom. The van der Waals surface area contributed by atoms with Crippen molar-refractivity contribution in [2.24, 2.45) is 5.73 Å². The summed E-state index contributed by atoms with van der Waals surface area (Å²) in [6.45, 7) is 11.3. The molecule has 0 aliphatic heterocycles. The lowest BCUT2D eigenvalue weighted by Gasteiger charge is -2.35.